The van der Waals surface area contributed by atoms with Gasteiger partial charge in [0.25, 0.3) is 0 Å². The summed E-state index contributed by atoms with van der Waals surface area (Å²) >= 11 is 0. The van der Waals surface area contributed by atoms with Crippen molar-refractivity contribution < 1.29 is 4.79 Å². The highest BCUT2D eigenvalue weighted by Crippen LogP contribution is 2.21. The molecular formula is C15H18N4O. The summed E-state index contributed by atoms with van der Waals surface area (Å²) in [6.45, 7) is 1.46. The Morgan fingerprint density at radius 3 is 2.85 bits per heavy atom. The monoisotopic (exact) mass is 270 g/mol. The van der Waals surface area contributed by atoms with E-state index in [1.165, 1.54) is 0 Å². The Balaban J connectivity index is 1.61. The number of rotatable bonds is 4. The van der Waals surface area contributed by atoms with Crippen molar-refractivity contribution in [3.8, 4) is 0 Å². The minimum atomic E-state index is 0.179. The Hall–Kier alpha value is -2.14. The molecule has 2 aromatic rings. The SMILES string of the molecule is Cn1cncc1CNC1CC(=O)N(c2ccccc2)C1. The molecule has 3 rings (SSSR count). The molecule has 0 spiro atoms. The number of hydrogen-bond donors (Lipinski definition) is 1. The zero-order chi connectivity index (χ0) is 13.9. The van der Waals surface area contributed by atoms with Crippen molar-refractivity contribution in [1.82, 2.24) is 14.9 Å². The number of nitrogens with zero attached hydrogens (tertiary/aromatic N) is 3. The summed E-state index contributed by atoms with van der Waals surface area (Å²) in [7, 11) is 1.97. The van der Waals surface area contributed by atoms with Crippen LogP contribution in [0.25, 0.3) is 0 Å². The Kier molecular flexibility index (Phi) is 3.52. The highest BCUT2D eigenvalue weighted by Gasteiger charge is 2.30. The maximum Gasteiger partial charge on any atom is 0.228 e. The molecule has 1 fully saturated rings. The normalized spacial score (nSPS) is 18.8. The van der Waals surface area contributed by atoms with E-state index in [-0.39, 0.29) is 11.9 Å². The molecule has 0 saturated carbocycles. The second kappa shape index (κ2) is 5.46. The van der Waals surface area contributed by atoms with Gasteiger partial charge in [0.1, 0.15) is 0 Å². The van der Waals surface area contributed by atoms with E-state index >= 15 is 0 Å². The first kappa shape index (κ1) is 12.9. The van der Waals surface area contributed by atoms with Crippen LogP contribution in [0.1, 0.15) is 12.1 Å². The van der Waals surface area contributed by atoms with Crippen LogP contribution in [0, 0.1) is 0 Å². The van der Waals surface area contributed by atoms with E-state index in [0.29, 0.717) is 6.42 Å². The predicted molar refractivity (Wildman–Crippen MR) is 77.2 cm³/mol. The zero-order valence-electron chi connectivity index (χ0n) is 11.5. The van der Waals surface area contributed by atoms with Crippen LogP contribution in [-0.2, 0) is 18.4 Å². The largest absolute Gasteiger partial charge is 0.337 e. The van der Waals surface area contributed by atoms with Crippen molar-refractivity contribution in [2.45, 2.75) is 19.0 Å². The second-order valence-corrected chi connectivity index (χ2v) is 5.12. The predicted octanol–water partition coefficient (Wildman–Crippen LogP) is 1.32. The maximum atomic E-state index is 12.1. The third kappa shape index (κ3) is 2.58. The number of aryl methyl sites for hydroxylation is 1. The molecule has 1 aromatic carbocycles. The molecule has 1 aromatic heterocycles. The molecular weight excluding hydrogens is 252 g/mol. The van der Waals surface area contributed by atoms with E-state index in [2.05, 4.69) is 10.3 Å². The number of carbonyl (C=O) groups excluding carboxylic acids is 1. The highest BCUT2D eigenvalue weighted by molar-refractivity contribution is 5.96. The molecule has 1 unspecified atom stereocenters. The summed E-state index contributed by atoms with van der Waals surface area (Å²) < 4.78 is 1.98. The minimum Gasteiger partial charge on any atom is -0.337 e. The van der Waals surface area contributed by atoms with Crippen molar-refractivity contribution >= 4 is 11.6 Å². The van der Waals surface area contributed by atoms with Gasteiger partial charge in [-0.05, 0) is 12.1 Å². The Labute approximate surface area is 118 Å². The van der Waals surface area contributed by atoms with Crippen molar-refractivity contribution in [3.05, 3.63) is 48.5 Å². The lowest BCUT2D eigenvalue weighted by Gasteiger charge is -2.17. The van der Waals surface area contributed by atoms with Gasteiger partial charge < -0.3 is 14.8 Å². The summed E-state index contributed by atoms with van der Waals surface area (Å²) in [5.74, 6) is 0.179. The molecule has 5 nitrogen and oxygen atoms in total. The van der Waals surface area contributed by atoms with E-state index in [1.54, 1.807) is 6.33 Å². The van der Waals surface area contributed by atoms with Gasteiger partial charge >= 0.3 is 0 Å². The van der Waals surface area contributed by atoms with Crippen LogP contribution < -0.4 is 10.2 Å². The number of anilines is 1. The van der Waals surface area contributed by atoms with E-state index in [0.717, 1.165) is 24.5 Å². The fourth-order valence-corrected chi connectivity index (χ4v) is 2.51. The lowest BCUT2D eigenvalue weighted by molar-refractivity contribution is -0.117. The molecule has 1 aliphatic rings. The van der Waals surface area contributed by atoms with E-state index in [4.69, 9.17) is 0 Å². The number of benzene rings is 1. The standard InChI is InChI=1S/C15H18N4O/c1-18-11-16-8-14(18)9-17-12-7-15(20)19(10-12)13-5-3-2-4-6-13/h2-6,8,11-12,17H,7,9-10H2,1H3. The average Bonchev–Trinajstić information content (AvgIpc) is 3.03. The summed E-state index contributed by atoms with van der Waals surface area (Å²) in [6.07, 6.45) is 4.18. The van der Waals surface area contributed by atoms with Crippen LogP contribution in [0.4, 0.5) is 5.69 Å². The zero-order valence-corrected chi connectivity index (χ0v) is 11.5. The number of imidazole rings is 1. The molecule has 0 aliphatic carbocycles. The first-order valence-corrected chi connectivity index (χ1v) is 6.78. The van der Waals surface area contributed by atoms with Gasteiger partial charge in [-0.15, -0.1) is 0 Å². The molecule has 0 radical (unpaired) electrons. The van der Waals surface area contributed by atoms with Crippen LogP contribution in [0.15, 0.2) is 42.9 Å². The Morgan fingerprint density at radius 2 is 2.15 bits per heavy atom. The summed E-state index contributed by atoms with van der Waals surface area (Å²) in [5, 5.41) is 3.43. The topological polar surface area (TPSA) is 50.2 Å². The lowest BCUT2D eigenvalue weighted by atomic mass is 10.2. The molecule has 1 N–H and O–H groups in total. The van der Waals surface area contributed by atoms with E-state index in [9.17, 15) is 4.79 Å². The molecule has 2 heterocycles. The highest BCUT2D eigenvalue weighted by atomic mass is 16.2. The smallest absolute Gasteiger partial charge is 0.228 e. The van der Waals surface area contributed by atoms with E-state index < -0.39 is 0 Å². The third-order valence-electron chi connectivity index (χ3n) is 3.68. The lowest BCUT2D eigenvalue weighted by Crippen LogP contribution is -2.32. The van der Waals surface area contributed by atoms with Crippen molar-refractivity contribution in [1.29, 1.82) is 0 Å². The van der Waals surface area contributed by atoms with Crippen LogP contribution in [-0.4, -0.2) is 28.0 Å². The van der Waals surface area contributed by atoms with Crippen molar-refractivity contribution in [2.24, 2.45) is 7.05 Å². The first-order chi connectivity index (χ1) is 9.74. The number of nitrogens with one attached hydrogen (secondary N) is 1. The second-order valence-electron chi connectivity index (χ2n) is 5.12. The van der Waals surface area contributed by atoms with Crippen LogP contribution >= 0.6 is 0 Å². The van der Waals surface area contributed by atoms with Gasteiger partial charge in [-0.2, -0.15) is 0 Å². The van der Waals surface area contributed by atoms with Crippen LogP contribution in [0.3, 0.4) is 0 Å². The number of carbonyl (C=O) groups is 1. The third-order valence-corrected chi connectivity index (χ3v) is 3.68. The van der Waals surface area contributed by atoms with E-state index in [1.807, 2.05) is 53.0 Å². The fraction of sp³-hybridized carbons (Fsp3) is 0.333. The van der Waals surface area contributed by atoms with Crippen LogP contribution in [0.2, 0.25) is 0 Å². The van der Waals surface area contributed by atoms with Gasteiger partial charge in [-0.3, -0.25) is 4.79 Å². The van der Waals surface area contributed by atoms with Gasteiger partial charge in [0.05, 0.1) is 12.0 Å². The summed E-state index contributed by atoms with van der Waals surface area (Å²) in [4.78, 5) is 18.0. The molecule has 5 heteroatoms. The number of para-hydroxylation sites is 1. The Morgan fingerprint density at radius 1 is 1.35 bits per heavy atom. The van der Waals surface area contributed by atoms with Gasteiger partial charge in [0, 0.05) is 44.5 Å². The molecule has 104 valence electrons. The molecule has 20 heavy (non-hydrogen) atoms. The van der Waals surface area contributed by atoms with Crippen molar-refractivity contribution in [3.63, 3.8) is 0 Å². The minimum absolute atomic E-state index is 0.179. The summed E-state index contributed by atoms with van der Waals surface area (Å²) in [6, 6.07) is 10.0. The molecule has 1 amide bonds. The number of amides is 1. The van der Waals surface area contributed by atoms with Gasteiger partial charge in [0.15, 0.2) is 0 Å². The number of aromatic nitrogens is 2. The maximum absolute atomic E-state index is 12.1. The average molecular weight is 270 g/mol. The molecule has 1 saturated heterocycles. The van der Waals surface area contributed by atoms with Gasteiger partial charge in [-0.1, -0.05) is 18.2 Å². The number of hydrogen-bond acceptors (Lipinski definition) is 3. The summed E-state index contributed by atoms with van der Waals surface area (Å²) in [5.41, 5.74) is 2.10. The molecule has 1 atom stereocenters. The first-order valence-electron chi connectivity index (χ1n) is 6.78. The molecule has 0 bridgehead atoms. The Bertz CT molecular complexity index is 593. The van der Waals surface area contributed by atoms with Gasteiger partial charge in [0.2, 0.25) is 5.91 Å². The quantitative estimate of drug-likeness (QED) is 0.911. The van der Waals surface area contributed by atoms with Crippen molar-refractivity contribution in [2.75, 3.05) is 11.4 Å². The van der Waals surface area contributed by atoms with Crippen LogP contribution in [0.5, 0.6) is 0 Å². The van der Waals surface area contributed by atoms with Gasteiger partial charge in [-0.25, -0.2) is 4.98 Å². The fourth-order valence-electron chi connectivity index (χ4n) is 2.51. The molecule has 1 aliphatic heterocycles.